The van der Waals surface area contributed by atoms with Crippen molar-refractivity contribution in [3.05, 3.63) is 59.7 Å². The molecule has 4 N–H and O–H groups in total. The maximum absolute atomic E-state index is 10.5. The van der Waals surface area contributed by atoms with Gasteiger partial charge in [0.25, 0.3) is 0 Å². The first-order chi connectivity index (χ1) is 20.5. The number of aliphatic imine (C=N–C) groups is 2. The van der Waals surface area contributed by atoms with E-state index in [2.05, 4.69) is 9.98 Å². The van der Waals surface area contributed by atoms with E-state index in [-0.39, 0.29) is 64.4 Å². The normalized spacial score (nSPS) is 11.3. The molecule has 0 aliphatic heterocycles. The number of hydrogen-bond donors (Lipinski definition) is 4. The van der Waals surface area contributed by atoms with Crippen LogP contribution in [-0.4, -0.2) is 99.9 Å². The zero-order valence-corrected chi connectivity index (χ0v) is 23.6. The molecule has 0 bridgehead atoms. The maximum atomic E-state index is 10.5. The van der Waals surface area contributed by atoms with Gasteiger partial charge in [-0.3, -0.25) is 9.98 Å². The number of phenolic OH excluding ortho intramolecular Hbond substituents is 2. The van der Waals surface area contributed by atoms with Gasteiger partial charge in [-0.15, -0.1) is 0 Å². The molecule has 0 amide bonds. The number of benzene rings is 3. The van der Waals surface area contributed by atoms with Crippen molar-refractivity contribution in [2.24, 2.45) is 9.98 Å². The van der Waals surface area contributed by atoms with E-state index in [0.717, 1.165) is 0 Å². The van der Waals surface area contributed by atoms with Crippen LogP contribution in [-0.2, 0) is 9.47 Å². The van der Waals surface area contributed by atoms with Crippen molar-refractivity contribution in [3.63, 3.8) is 0 Å². The number of hydrogen-bond acceptors (Lipinski definition) is 12. The monoisotopic (exact) mass is 584 g/mol. The smallest absolute Gasteiger partial charge is 0.166 e. The highest BCUT2D eigenvalue weighted by Crippen LogP contribution is 2.41. The fourth-order valence-electron chi connectivity index (χ4n) is 3.62. The first kappa shape index (κ1) is 32.2. The zero-order valence-electron chi connectivity index (χ0n) is 23.6. The van der Waals surface area contributed by atoms with E-state index in [1.807, 2.05) is 0 Å². The van der Waals surface area contributed by atoms with Crippen molar-refractivity contribution in [2.45, 2.75) is 0 Å². The topological polar surface area (TPSA) is 161 Å². The van der Waals surface area contributed by atoms with E-state index < -0.39 is 0 Å². The first-order valence-electron chi connectivity index (χ1n) is 13.1. The fraction of sp³-hybridized carbons (Fsp3) is 0.333. The zero-order chi connectivity index (χ0) is 30.2. The van der Waals surface area contributed by atoms with Gasteiger partial charge in [0.15, 0.2) is 34.5 Å². The summed E-state index contributed by atoms with van der Waals surface area (Å²) >= 11 is 0. The van der Waals surface area contributed by atoms with Gasteiger partial charge in [0, 0.05) is 35.7 Å². The summed E-state index contributed by atoms with van der Waals surface area (Å²) in [4.78, 5) is 9.14. The van der Waals surface area contributed by atoms with Gasteiger partial charge in [-0.05, 0) is 24.3 Å². The van der Waals surface area contributed by atoms with Crippen LogP contribution in [0.1, 0.15) is 11.1 Å². The minimum absolute atomic E-state index is 0.0737. The molecule has 3 aromatic rings. The quantitative estimate of drug-likeness (QED) is 0.129. The first-order valence-corrected chi connectivity index (χ1v) is 13.1. The Morgan fingerprint density at radius 1 is 0.595 bits per heavy atom. The molecule has 3 rings (SSSR count). The SMILES string of the molecule is COc1cccc(C=Nc2cc(OCCOCCO)c(OCCOCCO)cc2N=Cc2cccc(OC)c2O)c1O. The second-order valence-electron chi connectivity index (χ2n) is 8.47. The van der Waals surface area contributed by atoms with E-state index in [4.69, 9.17) is 38.6 Å². The van der Waals surface area contributed by atoms with Gasteiger partial charge in [0.05, 0.1) is 65.2 Å². The Morgan fingerprint density at radius 2 is 1.02 bits per heavy atom. The number of aliphatic hydroxyl groups is 2. The summed E-state index contributed by atoms with van der Waals surface area (Å²) < 4.78 is 32.8. The summed E-state index contributed by atoms with van der Waals surface area (Å²) in [7, 11) is 2.91. The molecule has 0 aliphatic rings. The van der Waals surface area contributed by atoms with E-state index >= 15 is 0 Å². The molecule has 0 unspecified atom stereocenters. The highest BCUT2D eigenvalue weighted by Gasteiger charge is 2.14. The van der Waals surface area contributed by atoms with Crippen molar-refractivity contribution in [1.82, 2.24) is 0 Å². The van der Waals surface area contributed by atoms with Gasteiger partial charge in [-0.2, -0.15) is 0 Å². The molecule has 0 heterocycles. The van der Waals surface area contributed by atoms with Gasteiger partial charge >= 0.3 is 0 Å². The lowest BCUT2D eigenvalue weighted by atomic mass is 10.2. The Balaban J connectivity index is 2.02. The molecular weight excluding hydrogens is 548 g/mol. The summed E-state index contributed by atoms with van der Waals surface area (Å²) in [6, 6.07) is 13.3. The molecule has 0 radical (unpaired) electrons. The predicted octanol–water partition coefficient (Wildman–Crippen LogP) is 3.39. The Hall–Kier alpha value is -4.36. The van der Waals surface area contributed by atoms with Crippen LogP contribution in [0.5, 0.6) is 34.5 Å². The summed E-state index contributed by atoms with van der Waals surface area (Å²) in [5.74, 6) is 1.13. The number of methoxy groups -OCH3 is 2. The Bertz CT molecular complexity index is 1230. The van der Waals surface area contributed by atoms with Crippen molar-refractivity contribution in [1.29, 1.82) is 0 Å². The lowest BCUT2D eigenvalue weighted by molar-refractivity contribution is 0.0645. The number of ether oxygens (including phenoxy) is 6. The molecule has 0 aromatic heterocycles. The molecule has 42 heavy (non-hydrogen) atoms. The number of phenols is 2. The molecule has 0 atom stereocenters. The molecule has 12 heteroatoms. The Labute approximate surface area is 244 Å². The van der Waals surface area contributed by atoms with Crippen LogP contribution < -0.4 is 18.9 Å². The van der Waals surface area contributed by atoms with Crippen molar-refractivity contribution in [2.75, 3.05) is 67.1 Å². The van der Waals surface area contributed by atoms with Crippen molar-refractivity contribution < 1.29 is 48.8 Å². The van der Waals surface area contributed by atoms with E-state index in [9.17, 15) is 10.2 Å². The van der Waals surface area contributed by atoms with Crippen LogP contribution in [0.3, 0.4) is 0 Å². The standard InChI is InChI=1S/C30H36N2O10/c1-37-25-7-3-5-21(29(25)35)19-31-23-17-27(41-15-13-39-11-9-33)28(42-16-14-40-12-10-34)18-24(23)32-20-22-6-4-8-26(38-2)30(22)36/h3-8,17-20,33-36H,9-16H2,1-2H3. The number of aliphatic hydroxyl groups excluding tert-OH is 2. The Morgan fingerprint density at radius 3 is 1.40 bits per heavy atom. The lowest BCUT2D eigenvalue weighted by Gasteiger charge is -2.15. The minimum atomic E-state index is -0.103. The molecule has 226 valence electrons. The lowest BCUT2D eigenvalue weighted by Crippen LogP contribution is -2.12. The predicted molar refractivity (Wildman–Crippen MR) is 157 cm³/mol. The average molecular weight is 585 g/mol. The van der Waals surface area contributed by atoms with Crippen LogP contribution in [0.25, 0.3) is 0 Å². The Kier molecular flexibility index (Phi) is 13.4. The van der Waals surface area contributed by atoms with E-state index in [1.54, 1.807) is 48.5 Å². The van der Waals surface area contributed by atoms with Gasteiger partial charge in [0.2, 0.25) is 0 Å². The third-order valence-corrected chi connectivity index (χ3v) is 5.67. The fourth-order valence-corrected chi connectivity index (χ4v) is 3.62. The summed E-state index contributed by atoms with van der Waals surface area (Å²) in [6.07, 6.45) is 2.93. The van der Waals surface area contributed by atoms with Crippen LogP contribution in [0.4, 0.5) is 11.4 Å². The van der Waals surface area contributed by atoms with Crippen molar-refractivity contribution >= 4 is 23.8 Å². The van der Waals surface area contributed by atoms with Gasteiger partial charge in [0.1, 0.15) is 13.2 Å². The van der Waals surface area contributed by atoms with E-state index in [1.165, 1.54) is 26.6 Å². The molecular formula is C30H36N2O10. The van der Waals surface area contributed by atoms with E-state index in [0.29, 0.717) is 45.5 Å². The van der Waals surface area contributed by atoms with Gasteiger partial charge < -0.3 is 48.8 Å². The minimum Gasteiger partial charge on any atom is -0.504 e. The molecule has 0 aliphatic carbocycles. The maximum Gasteiger partial charge on any atom is 0.166 e. The van der Waals surface area contributed by atoms with Crippen LogP contribution in [0.15, 0.2) is 58.5 Å². The number of rotatable bonds is 18. The highest BCUT2D eigenvalue weighted by molar-refractivity contribution is 5.91. The van der Waals surface area contributed by atoms with Crippen molar-refractivity contribution in [3.8, 4) is 34.5 Å². The molecule has 0 fully saturated rings. The van der Waals surface area contributed by atoms with Crippen LogP contribution in [0, 0.1) is 0 Å². The highest BCUT2D eigenvalue weighted by atomic mass is 16.6. The second kappa shape index (κ2) is 17.5. The average Bonchev–Trinajstić information content (AvgIpc) is 3.00. The summed E-state index contributed by atoms with van der Waals surface area (Å²) in [5.41, 5.74) is 1.56. The van der Waals surface area contributed by atoms with Crippen LogP contribution >= 0.6 is 0 Å². The molecule has 0 saturated carbocycles. The number of para-hydroxylation sites is 2. The summed E-state index contributed by atoms with van der Waals surface area (Å²) in [5, 5.41) is 38.9. The molecule has 3 aromatic carbocycles. The summed E-state index contributed by atoms with van der Waals surface area (Å²) in [6.45, 7) is 0.935. The largest absolute Gasteiger partial charge is 0.504 e. The molecule has 0 saturated heterocycles. The number of aromatic hydroxyl groups is 2. The van der Waals surface area contributed by atoms with Crippen LogP contribution in [0.2, 0.25) is 0 Å². The van der Waals surface area contributed by atoms with Gasteiger partial charge in [-0.25, -0.2) is 0 Å². The molecule has 0 spiro atoms. The third kappa shape index (κ3) is 9.35. The second-order valence-corrected chi connectivity index (χ2v) is 8.47. The molecule has 12 nitrogen and oxygen atoms in total. The van der Waals surface area contributed by atoms with Gasteiger partial charge in [-0.1, -0.05) is 12.1 Å². The third-order valence-electron chi connectivity index (χ3n) is 5.67. The number of nitrogens with zero attached hydrogens (tertiary/aromatic N) is 2.